The fourth-order valence-corrected chi connectivity index (χ4v) is 9.15. The number of allylic oxidation sites excluding steroid dienone is 2. The van der Waals surface area contributed by atoms with Gasteiger partial charge in [-0.05, 0) is 44.1 Å². The van der Waals surface area contributed by atoms with Crippen LogP contribution in [-0.4, -0.2) is 59.8 Å². The summed E-state index contributed by atoms with van der Waals surface area (Å²) in [5.74, 6) is -4.41. The number of rotatable bonds is 3. The number of phenols is 1. The number of imide groups is 2. The lowest BCUT2D eigenvalue weighted by Crippen LogP contribution is -2.60. The Hall–Kier alpha value is -1.90. The van der Waals surface area contributed by atoms with E-state index in [9.17, 15) is 24.3 Å². The van der Waals surface area contributed by atoms with Gasteiger partial charge in [0.1, 0.15) is 5.75 Å². The van der Waals surface area contributed by atoms with Crippen LogP contribution in [0.1, 0.15) is 62.0 Å². The van der Waals surface area contributed by atoms with E-state index in [0.717, 1.165) is 37.0 Å². The number of hydrogen-bond acceptors (Lipinski definition) is 5. The number of nitrogens with zero attached hydrogens (tertiary/aromatic N) is 2. The molecule has 0 spiro atoms. The minimum absolute atomic E-state index is 0.0320. The lowest BCUT2D eigenvalue weighted by atomic mass is 9.56. The van der Waals surface area contributed by atoms with Crippen molar-refractivity contribution in [2.75, 3.05) is 5.45 Å². The molecule has 1 aromatic rings. The van der Waals surface area contributed by atoms with Gasteiger partial charge in [-0.2, -0.15) is 0 Å². The maximum atomic E-state index is 14.0. The van der Waals surface area contributed by atoms with Crippen LogP contribution in [0.4, 0.5) is 0 Å². The molecule has 1 N–H and O–H groups in total. The Morgan fingerprint density at radius 2 is 1.74 bits per heavy atom. The third-order valence-corrected chi connectivity index (χ3v) is 11.5. The van der Waals surface area contributed by atoms with Crippen LogP contribution in [0.25, 0.3) is 0 Å². The van der Waals surface area contributed by atoms with Gasteiger partial charge in [-0.25, -0.2) is 0 Å². The predicted octanol–water partition coefficient (Wildman–Crippen LogP) is 4.74. The molecule has 5 aliphatic rings. The monoisotopic (exact) mass is 622 g/mol. The first-order chi connectivity index (χ1) is 18.1. The number of alkyl halides is 3. The molecular weight excluding hydrogens is 595 g/mol. The summed E-state index contributed by atoms with van der Waals surface area (Å²) >= 11 is 17.7. The fraction of sp³-hybridized carbons (Fsp3) is 0.571. The van der Waals surface area contributed by atoms with Gasteiger partial charge < -0.3 is 5.11 Å². The number of aryl methyl sites for hydroxylation is 1. The van der Waals surface area contributed by atoms with Gasteiger partial charge in [-0.15, -0.1) is 23.2 Å². The molecule has 3 aliphatic carbocycles. The predicted molar refractivity (Wildman–Crippen MR) is 145 cm³/mol. The zero-order valence-electron chi connectivity index (χ0n) is 21.0. The Morgan fingerprint density at radius 3 is 2.42 bits per heavy atom. The van der Waals surface area contributed by atoms with Crippen molar-refractivity contribution in [3.8, 4) is 5.75 Å². The Labute approximate surface area is 239 Å². The molecule has 10 heteroatoms. The zero-order valence-corrected chi connectivity index (χ0v) is 24.1. The van der Waals surface area contributed by atoms with Gasteiger partial charge >= 0.3 is 0 Å². The number of fused-ring (bicyclic) bond motifs is 4. The van der Waals surface area contributed by atoms with Gasteiger partial charge in [0.2, 0.25) is 11.8 Å². The maximum Gasteiger partial charge on any atom is 0.254 e. The number of benzene rings is 1. The van der Waals surface area contributed by atoms with Crippen molar-refractivity contribution in [2.45, 2.75) is 73.6 Å². The zero-order chi connectivity index (χ0) is 27.1. The molecule has 2 saturated heterocycles. The van der Waals surface area contributed by atoms with E-state index in [0.29, 0.717) is 23.1 Å². The molecule has 6 unspecified atom stereocenters. The largest absolute Gasteiger partial charge is 0.507 e. The second-order valence-corrected chi connectivity index (χ2v) is 13.1. The lowest BCUT2D eigenvalue weighted by molar-refractivity contribution is -0.144. The summed E-state index contributed by atoms with van der Waals surface area (Å²) in [6.45, 7) is 1.74. The van der Waals surface area contributed by atoms with E-state index < -0.39 is 45.2 Å². The number of amides is 4. The molecule has 2 aliphatic heterocycles. The van der Waals surface area contributed by atoms with E-state index in [1.165, 1.54) is 4.90 Å². The molecular formula is C28H29BrCl2N2O5. The smallest absolute Gasteiger partial charge is 0.254 e. The number of phenolic OH excluding ortho intramolecular Hbond substituents is 1. The molecule has 4 fully saturated rings. The standard InChI is InChI=1S/C28H29BrCl2N2O5/c1-14-6-5-9-18(22(14)34)21-16-10-11-17-20(24(36)33(23(17)35)15-7-3-2-4-8-15)19(16)12-27(30)25(37)32(13-29)26(38)28(21,27)31/h5-6,9-10,15,17,19-21,34H,2-4,7-8,11-13H2,1H3. The number of para-hydroxylation sites is 1. The van der Waals surface area contributed by atoms with Gasteiger partial charge in [0, 0.05) is 17.5 Å². The van der Waals surface area contributed by atoms with Crippen LogP contribution in [0.5, 0.6) is 5.75 Å². The average molecular weight is 624 g/mol. The summed E-state index contributed by atoms with van der Waals surface area (Å²) in [5, 5.41) is 11.2. The van der Waals surface area contributed by atoms with Crippen LogP contribution < -0.4 is 0 Å². The highest BCUT2D eigenvalue weighted by Crippen LogP contribution is 2.66. The van der Waals surface area contributed by atoms with E-state index in [1.807, 2.05) is 6.08 Å². The molecule has 4 amide bonds. The van der Waals surface area contributed by atoms with E-state index in [4.69, 9.17) is 23.2 Å². The number of carbonyl (C=O) groups excluding carboxylic acids is 4. The summed E-state index contributed by atoms with van der Waals surface area (Å²) < 4.78 is 0. The van der Waals surface area contributed by atoms with Gasteiger partial charge in [-0.3, -0.25) is 29.0 Å². The molecule has 202 valence electrons. The van der Waals surface area contributed by atoms with Crippen LogP contribution in [0.3, 0.4) is 0 Å². The van der Waals surface area contributed by atoms with E-state index in [-0.39, 0.29) is 35.5 Å². The summed E-state index contributed by atoms with van der Waals surface area (Å²) in [4.78, 5) is 53.8. The number of likely N-dealkylation sites (tertiary alicyclic amines) is 2. The Morgan fingerprint density at radius 1 is 1.03 bits per heavy atom. The first-order valence-electron chi connectivity index (χ1n) is 13.2. The topological polar surface area (TPSA) is 95.0 Å². The number of carbonyl (C=O) groups is 4. The molecule has 38 heavy (non-hydrogen) atoms. The third-order valence-electron chi connectivity index (χ3n) is 9.57. The highest BCUT2D eigenvalue weighted by atomic mass is 79.9. The molecule has 6 rings (SSSR count). The SMILES string of the molecule is Cc1cccc(C2C3=CCC4C(=O)N(C5CCCCC5)C(=O)C4C3CC3(Cl)C(=O)N(CBr)C(=O)C23Cl)c1O. The average Bonchev–Trinajstić information content (AvgIpc) is 3.24. The molecule has 1 aromatic carbocycles. The highest BCUT2D eigenvalue weighted by molar-refractivity contribution is 9.09. The Kier molecular flexibility index (Phi) is 6.28. The van der Waals surface area contributed by atoms with Crippen molar-refractivity contribution in [2.24, 2.45) is 17.8 Å². The van der Waals surface area contributed by atoms with Crippen LogP contribution in [-0.2, 0) is 19.2 Å². The van der Waals surface area contributed by atoms with E-state index >= 15 is 0 Å². The number of hydrogen-bond donors (Lipinski definition) is 1. The summed E-state index contributed by atoms with van der Waals surface area (Å²) in [6, 6.07) is 5.09. The van der Waals surface area contributed by atoms with E-state index in [1.54, 1.807) is 25.1 Å². The van der Waals surface area contributed by atoms with Crippen LogP contribution in [0.2, 0.25) is 0 Å². The number of aromatic hydroxyl groups is 1. The summed E-state index contributed by atoms with van der Waals surface area (Å²) in [6.07, 6.45) is 6.87. The molecule has 2 heterocycles. The van der Waals surface area contributed by atoms with Gasteiger partial charge in [0.05, 0.1) is 17.3 Å². The maximum absolute atomic E-state index is 14.0. The van der Waals surface area contributed by atoms with Crippen molar-refractivity contribution in [3.63, 3.8) is 0 Å². The minimum Gasteiger partial charge on any atom is -0.507 e. The fourth-order valence-electron chi connectivity index (χ4n) is 7.74. The Balaban J connectivity index is 1.51. The van der Waals surface area contributed by atoms with Gasteiger partial charge in [-0.1, -0.05) is 65.0 Å². The van der Waals surface area contributed by atoms with Crippen molar-refractivity contribution in [1.29, 1.82) is 0 Å². The van der Waals surface area contributed by atoms with E-state index in [2.05, 4.69) is 15.9 Å². The highest BCUT2D eigenvalue weighted by Gasteiger charge is 2.76. The molecule has 0 bridgehead atoms. The van der Waals surface area contributed by atoms with Crippen LogP contribution in [0, 0.1) is 24.7 Å². The van der Waals surface area contributed by atoms with Crippen molar-refractivity contribution < 1.29 is 24.3 Å². The van der Waals surface area contributed by atoms with Crippen molar-refractivity contribution in [1.82, 2.24) is 9.80 Å². The van der Waals surface area contributed by atoms with Crippen LogP contribution >= 0.6 is 39.1 Å². The molecule has 7 nitrogen and oxygen atoms in total. The van der Waals surface area contributed by atoms with Crippen molar-refractivity contribution in [3.05, 3.63) is 41.0 Å². The second-order valence-electron chi connectivity index (χ2n) is 11.3. The normalized spacial score (nSPS) is 37.3. The molecule has 6 atom stereocenters. The molecule has 2 saturated carbocycles. The molecule has 0 radical (unpaired) electrons. The summed E-state index contributed by atoms with van der Waals surface area (Å²) in [5.41, 5.74) is 1.59. The third kappa shape index (κ3) is 3.26. The van der Waals surface area contributed by atoms with Crippen LogP contribution in [0.15, 0.2) is 29.8 Å². The summed E-state index contributed by atoms with van der Waals surface area (Å²) in [7, 11) is 0. The minimum atomic E-state index is -1.91. The van der Waals surface area contributed by atoms with Gasteiger partial charge in [0.25, 0.3) is 11.8 Å². The first kappa shape index (κ1) is 26.3. The van der Waals surface area contributed by atoms with Gasteiger partial charge in [0.15, 0.2) is 9.75 Å². The number of halogens is 3. The second kappa shape index (κ2) is 9.07. The first-order valence-corrected chi connectivity index (χ1v) is 15.1. The van der Waals surface area contributed by atoms with Crippen molar-refractivity contribution >= 4 is 62.8 Å². The molecule has 0 aromatic heterocycles. The Bertz CT molecular complexity index is 1300. The lowest BCUT2D eigenvalue weighted by Gasteiger charge is -2.50. The quantitative estimate of drug-likeness (QED) is 0.227.